The molecule has 0 heterocycles. The van der Waals surface area contributed by atoms with E-state index in [0.29, 0.717) is 19.5 Å². The van der Waals surface area contributed by atoms with Crippen LogP contribution in [0.25, 0.3) is 0 Å². The molecule has 3 N–H and O–H groups in total. The third-order valence-corrected chi connectivity index (χ3v) is 7.78. The molecule has 0 saturated carbocycles. The molecule has 2 rings (SSSR count). The van der Waals surface area contributed by atoms with Gasteiger partial charge in [-0.1, -0.05) is 37.6 Å². The van der Waals surface area contributed by atoms with E-state index in [1.165, 1.54) is 34.6 Å². The van der Waals surface area contributed by atoms with Crippen molar-refractivity contribution >= 4 is 37.6 Å². The van der Waals surface area contributed by atoms with E-state index >= 15 is 0 Å². The van der Waals surface area contributed by atoms with E-state index < -0.39 is 26.0 Å². The Morgan fingerprint density at radius 2 is 1.57 bits per heavy atom. The van der Waals surface area contributed by atoms with E-state index in [4.69, 9.17) is 16.7 Å². The molecule has 2 aromatic rings. The van der Waals surface area contributed by atoms with Gasteiger partial charge in [0.05, 0.1) is 20.4 Å². The summed E-state index contributed by atoms with van der Waals surface area (Å²) in [7, 11) is -7.48. The summed E-state index contributed by atoms with van der Waals surface area (Å²) in [5, 5.41) is 7.90. The third-order valence-electron chi connectivity index (χ3n) is 4.48. The number of halogens is 1. The molecule has 0 saturated heterocycles. The predicted octanol–water partition coefficient (Wildman–Crippen LogP) is 1.99. The molecule has 30 heavy (non-hydrogen) atoms. The van der Waals surface area contributed by atoms with Gasteiger partial charge in [0, 0.05) is 19.6 Å². The first-order valence-corrected chi connectivity index (χ1v) is 12.6. The third kappa shape index (κ3) is 5.79. The predicted molar refractivity (Wildman–Crippen MR) is 115 cm³/mol. The van der Waals surface area contributed by atoms with Gasteiger partial charge in [0.25, 0.3) is 5.91 Å². The summed E-state index contributed by atoms with van der Waals surface area (Å²) in [6, 6.07) is 10.0. The highest BCUT2D eigenvalue weighted by Gasteiger charge is 2.23. The fourth-order valence-electron chi connectivity index (χ4n) is 2.81. The van der Waals surface area contributed by atoms with Gasteiger partial charge in [-0.05, 0) is 42.3 Å². The number of primary sulfonamides is 1. The lowest BCUT2D eigenvalue weighted by Gasteiger charge is -2.19. The van der Waals surface area contributed by atoms with Crippen LogP contribution < -0.4 is 10.5 Å². The minimum atomic E-state index is -3.76. The molecule has 0 aliphatic heterocycles. The van der Waals surface area contributed by atoms with Crippen LogP contribution in [0.2, 0.25) is 5.02 Å². The van der Waals surface area contributed by atoms with Gasteiger partial charge in [-0.15, -0.1) is 0 Å². The highest BCUT2D eigenvalue weighted by atomic mass is 35.5. The van der Waals surface area contributed by atoms with Crippen molar-refractivity contribution in [3.05, 3.63) is 58.6 Å². The molecule has 0 atom stereocenters. The number of nitrogens with one attached hydrogen (secondary N) is 1. The zero-order valence-electron chi connectivity index (χ0n) is 16.6. The Balaban J connectivity index is 2.10. The number of nitrogens with zero attached hydrogens (tertiary/aromatic N) is 1. The van der Waals surface area contributed by atoms with E-state index in [0.717, 1.165) is 5.56 Å². The normalized spacial score (nSPS) is 12.2. The van der Waals surface area contributed by atoms with E-state index in [1.807, 2.05) is 0 Å². The molecule has 0 unspecified atom stereocenters. The number of hydrogen-bond donors (Lipinski definition) is 2. The van der Waals surface area contributed by atoms with Crippen molar-refractivity contribution < 1.29 is 21.6 Å². The lowest BCUT2D eigenvalue weighted by molar-refractivity contribution is 0.0954. The molecular formula is C19H24ClN3O5S2. The van der Waals surface area contributed by atoms with Crippen molar-refractivity contribution in [3.8, 4) is 0 Å². The summed E-state index contributed by atoms with van der Waals surface area (Å²) in [5.41, 5.74) is 0.862. The van der Waals surface area contributed by atoms with Gasteiger partial charge >= 0.3 is 0 Å². The van der Waals surface area contributed by atoms with Gasteiger partial charge in [-0.2, -0.15) is 4.31 Å². The number of amides is 1. The number of benzene rings is 2. The Labute approximate surface area is 182 Å². The van der Waals surface area contributed by atoms with Gasteiger partial charge in [0.15, 0.2) is 0 Å². The average molecular weight is 474 g/mol. The molecule has 8 nitrogen and oxygen atoms in total. The average Bonchev–Trinajstić information content (AvgIpc) is 2.68. The summed E-state index contributed by atoms with van der Waals surface area (Å²) < 4.78 is 49.2. The molecular weight excluding hydrogens is 450 g/mol. The molecule has 0 bridgehead atoms. The van der Waals surface area contributed by atoms with Crippen LogP contribution in [0.3, 0.4) is 0 Å². The number of carbonyl (C=O) groups is 1. The van der Waals surface area contributed by atoms with Crippen molar-refractivity contribution in [3.63, 3.8) is 0 Å². The van der Waals surface area contributed by atoms with Crippen molar-refractivity contribution in [2.75, 3.05) is 19.6 Å². The molecule has 1 amide bonds. The van der Waals surface area contributed by atoms with Gasteiger partial charge < -0.3 is 5.32 Å². The maximum Gasteiger partial charge on any atom is 0.252 e. The Kier molecular flexibility index (Phi) is 8.00. The molecule has 0 aliphatic carbocycles. The van der Waals surface area contributed by atoms with Crippen LogP contribution >= 0.6 is 11.6 Å². The smallest absolute Gasteiger partial charge is 0.252 e. The molecule has 0 fully saturated rings. The fraction of sp³-hybridized carbons (Fsp3) is 0.316. The second-order valence-corrected chi connectivity index (χ2v) is 10.3. The number of hydrogen-bond acceptors (Lipinski definition) is 5. The fourth-order valence-corrected chi connectivity index (χ4v) is 5.02. The molecule has 0 aliphatic rings. The summed E-state index contributed by atoms with van der Waals surface area (Å²) in [6.45, 7) is 4.34. The standard InChI is InChI=1S/C19H24ClN3O5S2/c1-3-23(4-2)30(27,28)16-9-10-18(20)17(13-16)19(24)22-12-11-14-5-7-15(8-6-14)29(21,25)26/h5-10,13H,3-4,11-12H2,1-2H3,(H,22,24)(H2,21,25,26). The lowest BCUT2D eigenvalue weighted by Crippen LogP contribution is -2.31. The van der Waals surface area contributed by atoms with Gasteiger partial charge in [0.2, 0.25) is 20.0 Å². The molecule has 0 radical (unpaired) electrons. The summed E-state index contributed by atoms with van der Waals surface area (Å²) in [6.07, 6.45) is 0.436. The zero-order chi connectivity index (χ0) is 22.5. The van der Waals surface area contributed by atoms with Crippen LogP contribution in [0.4, 0.5) is 0 Å². The number of nitrogens with two attached hydrogens (primary N) is 1. The Hall–Kier alpha value is -1.98. The second-order valence-electron chi connectivity index (χ2n) is 6.43. The number of sulfonamides is 2. The topological polar surface area (TPSA) is 127 Å². The highest BCUT2D eigenvalue weighted by Crippen LogP contribution is 2.23. The zero-order valence-corrected chi connectivity index (χ0v) is 19.0. The molecule has 2 aromatic carbocycles. The van der Waals surface area contributed by atoms with Crippen LogP contribution in [0.15, 0.2) is 52.3 Å². The van der Waals surface area contributed by atoms with Crippen molar-refractivity contribution in [1.29, 1.82) is 0 Å². The second kappa shape index (κ2) is 9.88. The monoisotopic (exact) mass is 473 g/mol. The Bertz CT molecular complexity index is 1110. The first-order chi connectivity index (χ1) is 14.0. The number of carbonyl (C=O) groups excluding carboxylic acids is 1. The summed E-state index contributed by atoms with van der Waals surface area (Å²) in [5.74, 6) is -0.502. The number of rotatable bonds is 9. The van der Waals surface area contributed by atoms with Gasteiger partial charge in [0.1, 0.15) is 0 Å². The maximum atomic E-state index is 12.7. The highest BCUT2D eigenvalue weighted by molar-refractivity contribution is 7.89. The van der Waals surface area contributed by atoms with Crippen molar-refractivity contribution in [1.82, 2.24) is 9.62 Å². The maximum absolute atomic E-state index is 12.7. The van der Waals surface area contributed by atoms with E-state index in [-0.39, 0.29) is 26.9 Å². The van der Waals surface area contributed by atoms with Crippen LogP contribution in [-0.4, -0.2) is 46.7 Å². The SMILES string of the molecule is CCN(CC)S(=O)(=O)c1ccc(Cl)c(C(=O)NCCc2ccc(S(N)(=O)=O)cc2)c1. The van der Waals surface area contributed by atoms with Crippen LogP contribution in [0.1, 0.15) is 29.8 Å². The lowest BCUT2D eigenvalue weighted by atomic mass is 10.1. The molecule has 0 spiro atoms. The van der Waals surface area contributed by atoms with Crippen LogP contribution in [0, 0.1) is 0 Å². The van der Waals surface area contributed by atoms with Crippen molar-refractivity contribution in [2.24, 2.45) is 5.14 Å². The molecule has 0 aromatic heterocycles. The van der Waals surface area contributed by atoms with Gasteiger partial charge in [-0.25, -0.2) is 22.0 Å². The van der Waals surface area contributed by atoms with Gasteiger partial charge in [-0.3, -0.25) is 4.79 Å². The van der Waals surface area contributed by atoms with E-state index in [1.54, 1.807) is 26.0 Å². The Morgan fingerprint density at radius 1 is 1.00 bits per heavy atom. The summed E-state index contributed by atoms with van der Waals surface area (Å²) in [4.78, 5) is 12.5. The first-order valence-electron chi connectivity index (χ1n) is 9.20. The largest absolute Gasteiger partial charge is 0.352 e. The minimum absolute atomic E-state index is 0.000618. The summed E-state index contributed by atoms with van der Waals surface area (Å²) >= 11 is 6.11. The first kappa shape index (κ1) is 24.3. The van der Waals surface area contributed by atoms with E-state index in [9.17, 15) is 21.6 Å². The van der Waals surface area contributed by atoms with E-state index in [2.05, 4.69) is 5.32 Å². The van der Waals surface area contributed by atoms with Crippen LogP contribution in [0.5, 0.6) is 0 Å². The Morgan fingerprint density at radius 3 is 2.10 bits per heavy atom. The molecule has 164 valence electrons. The molecule has 11 heteroatoms. The minimum Gasteiger partial charge on any atom is -0.352 e. The van der Waals surface area contributed by atoms with Crippen LogP contribution in [-0.2, 0) is 26.5 Å². The van der Waals surface area contributed by atoms with Crippen molar-refractivity contribution in [2.45, 2.75) is 30.1 Å². The quantitative estimate of drug-likeness (QED) is 0.575.